The van der Waals surface area contributed by atoms with Crippen LogP contribution in [0.25, 0.3) is 10.8 Å². The van der Waals surface area contributed by atoms with Gasteiger partial charge in [-0.15, -0.1) is 9.45 Å². The van der Waals surface area contributed by atoms with Gasteiger partial charge >= 0.3 is 143 Å². The number of anilines is 2. The van der Waals surface area contributed by atoms with E-state index in [-0.39, 0.29) is 141 Å². The van der Waals surface area contributed by atoms with Gasteiger partial charge in [-0.05, 0) is 42.5 Å². The van der Waals surface area contributed by atoms with E-state index in [1.54, 1.807) is 0 Å². The molecule has 0 spiro atoms. The number of aromatic hydroxyl groups is 1. The fourth-order valence-corrected chi connectivity index (χ4v) is 6.44. The first kappa shape index (κ1) is 54.2. The number of hydrogen-bond donors (Lipinski definition) is 3. The molecule has 0 saturated heterocycles. The number of fused-ring (bicyclic) bond motifs is 1. The molecule has 2 N–H and O–H groups in total. The number of benzene rings is 3. The molecule has 31 heteroatoms. The Morgan fingerprint density at radius 1 is 0.981 bits per heavy atom. The van der Waals surface area contributed by atoms with Crippen molar-refractivity contribution < 1.29 is 157 Å². The monoisotopic (exact) mass is 1090 g/mol. The summed E-state index contributed by atoms with van der Waals surface area (Å²) < 4.78 is 102. The number of thiol groups is 1. The molecule has 3 aromatic carbocycles. The fourth-order valence-electron chi connectivity index (χ4n) is 3.72. The van der Waals surface area contributed by atoms with E-state index in [4.69, 9.17) is 9.89 Å². The van der Waals surface area contributed by atoms with Crippen molar-refractivity contribution in [1.29, 1.82) is 0 Å². The number of aromatic nitrogens is 2. The molecule has 4 rings (SSSR count). The van der Waals surface area contributed by atoms with E-state index < -0.39 is 85.2 Å². The maximum absolute atomic E-state index is 13.6. The number of rotatable bonds is 15. The summed E-state index contributed by atoms with van der Waals surface area (Å²) in [6, 6.07) is 8.62. The molecule has 1 heterocycles. The number of halogens is 4. The van der Waals surface area contributed by atoms with Crippen molar-refractivity contribution >= 4 is 126 Å². The predicted molar refractivity (Wildman–Crippen MR) is 188 cm³/mol. The van der Waals surface area contributed by atoms with Crippen molar-refractivity contribution in [2.24, 2.45) is 10.2 Å². The number of phenolic OH excluding ortho intramolecular Hbond substituents is 1. The number of hydrogen-bond acceptors (Lipinski definition) is 21. The van der Waals surface area contributed by atoms with Gasteiger partial charge in [-0.3, -0.25) is 14.3 Å². The van der Waals surface area contributed by atoms with Gasteiger partial charge in [0.05, 0.1) is 50.5 Å². The molecule has 0 aliphatic rings. The zero-order valence-corrected chi connectivity index (χ0v) is 41.3. The van der Waals surface area contributed by atoms with Gasteiger partial charge in [-0.25, -0.2) is 16.8 Å². The number of azo groups is 1. The Labute approximate surface area is 396 Å². The topological polar surface area (TPSA) is 266 Å². The van der Waals surface area contributed by atoms with Crippen LogP contribution in [0.2, 0.25) is 0 Å². The molecule has 0 amide bonds. The summed E-state index contributed by atoms with van der Waals surface area (Å²) in [6.07, 6.45) is -1.49. The standard InChI is InChI=1S/C22H17F2N5O13S4.BHI2S.3Na/c23-17-10-18(27-22(24)26-17)25-15-6-5-13-14(21(15)46(35,36)37)9-16(43-41-39-31)19(20(13)30)29-28-11-1-3-12(4-2-11)45(33,34)8-7-38-44-42-40-32;1-3(2)4;;;/h1-6,9-10,30-32H,7-8H2,(H,25,26,27)(H,35,36,37);4H;;;/q;;3*+1/p-3. The summed E-state index contributed by atoms with van der Waals surface area (Å²) in [6.45, 7) is -0.348. The van der Waals surface area contributed by atoms with Gasteiger partial charge in [0.2, 0.25) is 5.95 Å². The summed E-state index contributed by atoms with van der Waals surface area (Å²) in [5.41, 5.74) is 4.29. The maximum Gasteiger partial charge on any atom is 1.00 e. The average Bonchev–Trinajstić information content (AvgIpc) is 3.02. The van der Waals surface area contributed by atoms with Crippen LogP contribution in [0.5, 0.6) is 5.75 Å². The van der Waals surface area contributed by atoms with Crippen LogP contribution in [-0.2, 0) is 42.9 Å². The molecule has 0 fully saturated rings. The maximum atomic E-state index is 13.6. The Hall–Kier alpha value is 1.21. The van der Waals surface area contributed by atoms with Crippen LogP contribution in [0.3, 0.4) is 0 Å². The molecule has 2 radical (unpaired) electrons. The Morgan fingerprint density at radius 3 is 2.17 bits per heavy atom. The van der Waals surface area contributed by atoms with Crippen molar-refractivity contribution in [2.45, 2.75) is 14.7 Å². The third-order valence-corrected chi connectivity index (χ3v) is 9.14. The number of nitrogens with one attached hydrogen (secondary N) is 1. The zero-order valence-electron chi connectivity index (χ0n) is 26.8. The fraction of sp³-hybridized carbons (Fsp3) is 0.0909. The quantitative estimate of drug-likeness (QED) is 0.00863. The van der Waals surface area contributed by atoms with Gasteiger partial charge < -0.3 is 25.5 Å². The Bertz CT molecular complexity index is 2040. The molecular formula is C22H15BF2I2N5Na3O13S5. The third-order valence-electron chi connectivity index (χ3n) is 5.52. The van der Waals surface area contributed by atoms with Gasteiger partial charge in [-0.2, -0.15) is 28.2 Å². The van der Waals surface area contributed by atoms with E-state index in [0.717, 1.165) is 18.2 Å². The number of nitrogens with zero attached hydrogens (tertiary/aromatic N) is 4. The molecule has 270 valence electrons. The van der Waals surface area contributed by atoms with Crippen molar-refractivity contribution in [1.82, 2.24) is 9.97 Å². The van der Waals surface area contributed by atoms with Gasteiger partial charge in [0, 0.05) is 16.8 Å². The minimum absolute atomic E-state index is 0. The van der Waals surface area contributed by atoms with Crippen LogP contribution >= 0.6 is 67.0 Å². The van der Waals surface area contributed by atoms with Gasteiger partial charge in [0.25, 0.3) is 0 Å². The van der Waals surface area contributed by atoms with Crippen LogP contribution in [0.15, 0.2) is 73.4 Å². The number of phenols is 1. The van der Waals surface area contributed by atoms with Crippen molar-refractivity contribution in [3.63, 3.8) is 0 Å². The molecule has 4 aromatic rings. The van der Waals surface area contributed by atoms with Crippen molar-refractivity contribution in [3.8, 4) is 5.75 Å². The van der Waals surface area contributed by atoms with Gasteiger partial charge in [-0.1, -0.05) is 0 Å². The molecule has 0 atom stereocenters. The first-order valence-electron chi connectivity index (χ1n) is 12.2. The molecule has 0 aliphatic carbocycles. The van der Waals surface area contributed by atoms with Crippen LogP contribution in [0.1, 0.15) is 0 Å². The minimum Gasteiger partial charge on any atom is 1.00 e. The van der Waals surface area contributed by atoms with Crippen molar-refractivity contribution in [3.05, 3.63) is 60.6 Å². The van der Waals surface area contributed by atoms with Gasteiger partial charge in [0.1, 0.15) is 21.6 Å². The molecular weight excluding hydrogens is 1070 g/mol. The molecule has 0 bridgehead atoms. The van der Waals surface area contributed by atoms with Crippen LogP contribution in [0.4, 0.5) is 31.7 Å². The third kappa shape index (κ3) is 17.5. The van der Waals surface area contributed by atoms with E-state index in [0.29, 0.717) is 6.07 Å². The Morgan fingerprint density at radius 2 is 1.60 bits per heavy atom. The summed E-state index contributed by atoms with van der Waals surface area (Å²) in [5, 5.41) is 47.1. The van der Waals surface area contributed by atoms with E-state index in [9.17, 15) is 45.8 Å². The van der Waals surface area contributed by atoms with Crippen LogP contribution < -0.4 is 105 Å². The molecule has 18 nitrogen and oxygen atoms in total. The second-order valence-corrected chi connectivity index (χ2v) is 27.3. The van der Waals surface area contributed by atoms with Crippen molar-refractivity contribution in [2.75, 3.05) is 17.7 Å². The first-order valence-corrected chi connectivity index (χ1v) is 27.5. The minimum atomic E-state index is -5.38. The molecule has 1 aromatic heterocycles. The van der Waals surface area contributed by atoms with Crippen LogP contribution in [-0.4, -0.2) is 54.5 Å². The van der Waals surface area contributed by atoms with E-state index in [1.807, 2.05) is 0 Å². The summed E-state index contributed by atoms with van der Waals surface area (Å²) in [4.78, 5) is 4.68. The molecule has 0 unspecified atom stereocenters. The molecule has 53 heavy (non-hydrogen) atoms. The first-order chi connectivity index (χ1) is 23.6. The van der Waals surface area contributed by atoms with Gasteiger partial charge in [0.15, 0.2) is 27.9 Å². The summed E-state index contributed by atoms with van der Waals surface area (Å²) in [5.74, 6) is -3.09. The second-order valence-electron chi connectivity index (χ2n) is 8.54. The average molecular weight is 1090 g/mol. The Kier molecular flexibility index (Phi) is 26.9. The second kappa shape index (κ2) is 26.3. The molecule has 0 saturated carbocycles. The smallest absolute Gasteiger partial charge is 1.00 e. The zero-order chi connectivity index (χ0) is 37.1. The van der Waals surface area contributed by atoms with Crippen LogP contribution in [0, 0.1) is 12.0 Å². The molecule has 0 aliphatic heterocycles. The summed E-state index contributed by atoms with van der Waals surface area (Å²) in [7, 11) is -5.33. The number of sulfone groups is 1. The van der Waals surface area contributed by atoms with E-state index in [1.165, 1.54) is 24.3 Å². The normalized spacial score (nSPS) is 11.5. The largest absolute Gasteiger partial charge is 1.00 e. The summed E-state index contributed by atoms with van der Waals surface area (Å²) >= 11 is 1.34. The Balaban J connectivity index is 0.00000367. The predicted octanol–water partition coefficient (Wildman–Crippen LogP) is -4.73. The van der Waals surface area contributed by atoms with E-state index >= 15 is 0 Å². The van der Waals surface area contributed by atoms with E-state index in [2.05, 4.69) is 72.7 Å². The SMILES string of the molecule is O=S(=O)([O-])c1c(Nc2cc(F)nc(F)n2)ccc2c(O)c(N=Nc3ccc(S(=O)(=O)CCOSOO[O-])cc3)c(SOO[O-])cc12.[B]I(S)I.[Na+].[Na+].[Na+].